The van der Waals surface area contributed by atoms with Crippen molar-refractivity contribution >= 4 is 11.1 Å². The quantitative estimate of drug-likeness (QED) is 0.697. The Balaban J connectivity index is 1.20. The van der Waals surface area contributed by atoms with Crippen molar-refractivity contribution in [2.75, 3.05) is 19.6 Å². The average Bonchev–Trinajstić information content (AvgIpc) is 3.31. The lowest BCUT2D eigenvalue weighted by Gasteiger charge is -2.27. The molecule has 5 heteroatoms. The summed E-state index contributed by atoms with van der Waals surface area (Å²) < 4.78 is 5.21. The molecule has 1 aliphatic heterocycles. The van der Waals surface area contributed by atoms with Crippen LogP contribution in [0.4, 0.5) is 0 Å². The summed E-state index contributed by atoms with van der Waals surface area (Å²) in [6.07, 6.45) is 2.56. The van der Waals surface area contributed by atoms with Crippen LogP contribution in [0.5, 0.6) is 0 Å². The zero-order valence-electron chi connectivity index (χ0n) is 16.8. The van der Waals surface area contributed by atoms with Crippen molar-refractivity contribution in [1.29, 1.82) is 0 Å². The second-order valence-electron chi connectivity index (χ2n) is 9.20. The molecular formula is C24H28N2O3. The molecule has 3 aromatic rings. The Labute approximate surface area is 170 Å². The van der Waals surface area contributed by atoms with E-state index in [9.17, 15) is 9.90 Å². The molecule has 4 atom stereocenters. The van der Waals surface area contributed by atoms with Crippen molar-refractivity contribution in [3.8, 4) is 0 Å². The van der Waals surface area contributed by atoms with Crippen molar-refractivity contribution in [2.45, 2.75) is 37.7 Å². The summed E-state index contributed by atoms with van der Waals surface area (Å²) in [6.45, 7) is 5.34. The highest BCUT2D eigenvalue weighted by molar-refractivity contribution is 5.72. The Kier molecular flexibility index (Phi) is 4.60. The first-order chi connectivity index (χ1) is 14.0. The van der Waals surface area contributed by atoms with Gasteiger partial charge in [0.2, 0.25) is 0 Å². The largest absolute Gasteiger partial charge is 0.417 e. The van der Waals surface area contributed by atoms with E-state index >= 15 is 0 Å². The number of rotatable bonds is 5. The van der Waals surface area contributed by atoms with Gasteiger partial charge in [-0.05, 0) is 53.9 Å². The average molecular weight is 392 g/mol. The fourth-order valence-corrected chi connectivity index (χ4v) is 5.59. The van der Waals surface area contributed by atoms with E-state index in [1.165, 1.54) is 11.1 Å². The third kappa shape index (κ3) is 3.77. The van der Waals surface area contributed by atoms with Gasteiger partial charge in [0.25, 0.3) is 0 Å². The van der Waals surface area contributed by atoms with Gasteiger partial charge in [0.1, 0.15) is 0 Å². The molecule has 1 saturated heterocycles. The lowest BCUT2D eigenvalue weighted by molar-refractivity contribution is 0.0353. The highest BCUT2D eigenvalue weighted by Gasteiger charge is 2.48. The van der Waals surface area contributed by atoms with Crippen LogP contribution in [-0.2, 0) is 6.42 Å². The van der Waals surface area contributed by atoms with Crippen LogP contribution in [0.25, 0.3) is 11.1 Å². The number of hydrogen-bond donors (Lipinski definition) is 2. The van der Waals surface area contributed by atoms with Gasteiger partial charge in [0.05, 0.1) is 11.1 Å². The van der Waals surface area contributed by atoms with Crippen LogP contribution in [0.1, 0.15) is 36.8 Å². The van der Waals surface area contributed by atoms with E-state index in [0.29, 0.717) is 23.3 Å². The fourth-order valence-electron chi connectivity index (χ4n) is 5.59. The van der Waals surface area contributed by atoms with Gasteiger partial charge < -0.3 is 14.4 Å². The zero-order valence-corrected chi connectivity index (χ0v) is 16.8. The van der Waals surface area contributed by atoms with Gasteiger partial charge in [-0.3, -0.25) is 4.98 Å². The molecule has 1 aromatic heterocycles. The molecule has 2 heterocycles. The highest BCUT2D eigenvalue weighted by atomic mass is 16.4. The Hall–Kier alpha value is -2.37. The molecule has 2 fully saturated rings. The first kappa shape index (κ1) is 18.6. The molecule has 29 heavy (non-hydrogen) atoms. The molecule has 0 radical (unpaired) electrons. The summed E-state index contributed by atoms with van der Waals surface area (Å²) >= 11 is 0. The van der Waals surface area contributed by atoms with E-state index in [2.05, 4.69) is 35.0 Å². The number of nitrogens with one attached hydrogen (secondary N) is 1. The zero-order chi connectivity index (χ0) is 20.0. The van der Waals surface area contributed by atoms with E-state index in [4.69, 9.17) is 4.42 Å². The highest BCUT2D eigenvalue weighted by Crippen LogP contribution is 2.45. The van der Waals surface area contributed by atoms with E-state index in [1.54, 1.807) is 0 Å². The van der Waals surface area contributed by atoms with Crippen LogP contribution >= 0.6 is 0 Å². The summed E-state index contributed by atoms with van der Waals surface area (Å²) in [4.78, 5) is 16.6. The fraction of sp³-hybridized carbons (Fsp3) is 0.458. The van der Waals surface area contributed by atoms with Crippen molar-refractivity contribution < 1.29 is 9.52 Å². The predicted molar refractivity (Wildman–Crippen MR) is 113 cm³/mol. The first-order valence-corrected chi connectivity index (χ1v) is 10.6. The molecule has 2 N–H and O–H groups in total. The van der Waals surface area contributed by atoms with Crippen LogP contribution in [0.2, 0.25) is 0 Å². The van der Waals surface area contributed by atoms with Gasteiger partial charge in [0.15, 0.2) is 5.58 Å². The van der Waals surface area contributed by atoms with Gasteiger partial charge in [-0.2, -0.15) is 0 Å². The predicted octanol–water partition coefficient (Wildman–Crippen LogP) is 3.54. The molecule has 2 aromatic carbocycles. The van der Waals surface area contributed by atoms with Gasteiger partial charge in [-0.15, -0.1) is 0 Å². The van der Waals surface area contributed by atoms with E-state index < -0.39 is 11.4 Å². The normalized spacial score (nSPS) is 28.1. The Morgan fingerprint density at radius 3 is 2.62 bits per heavy atom. The molecule has 0 amide bonds. The summed E-state index contributed by atoms with van der Waals surface area (Å²) in [6, 6.07) is 16.3. The van der Waals surface area contributed by atoms with E-state index in [1.807, 2.05) is 30.3 Å². The van der Waals surface area contributed by atoms with Crippen LogP contribution in [-0.4, -0.2) is 40.2 Å². The smallest absolute Gasteiger partial charge is 0.408 e. The minimum absolute atomic E-state index is 0.363. The molecular weight excluding hydrogens is 364 g/mol. The third-order valence-corrected chi connectivity index (χ3v) is 6.86. The lowest BCUT2D eigenvalue weighted by Crippen LogP contribution is -2.33. The number of H-pyrrole nitrogens is 1. The second-order valence-corrected chi connectivity index (χ2v) is 9.20. The maximum absolute atomic E-state index is 11.4. The van der Waals surface area contributed by atoms with E-state index in [0.717, 1.165) is 44.4 Å². The maximum atomic E-state index is 11.4. The van der Waals surface area contributed by atoms with Gasteiger partial charge >= 0.3 is 5.76 Å². The number of oxazole rings is 1. The maximum Gasteiger partial charge on any atom is 0.417 e. The van der Waals surface area contributed by atoms with Gasteiger partial charge in [-0.25, -0.2) is 4.79 Å². The summed E-state index contributed by atoms with van der Waals surface area (Å²) in [5.74, 6) is 1.13. The number of hydrogen-bond acceptors (Lipinski definition) is 4. The SMILES string of the molecule is CC(CN1CC2C[C@@](O)(Cc3ccccc3)C[C@@H]2C1)c1ccc2[nH]c(=O)oc2c1. The first-order valence-electron chi connectivity index (χ1n) is 10.6. The molecule has 0 bridgehead atoms. The molecule has 5 nitrogen and oxygen atoms in total. The number of aromatic nitrogens is 1. The van der Waals surface area contributed by atoms with Crippen LogP contribution in [0, 0.1) is 11.8 Å². The molecule has 5 rings (SSSR count). The van der Waals surface area contributed by atoms with Crippen molar-refractivity contribution in [2.24, 2.45) is 11.8 Å². The standard InChI is InChI=1S/C24H28N2O3/c1-16(18-7-8-21-22(9-18)29-23(27)25-21)13-26-14-19-11-24(28,12-20(19)15-26)10-17-5-3-2-4-6-17/h2-9,16,19-20,28H,10-15H2,1H3,(H,25,27)/t16?,19-,20?,24-/m1/s1. The third-order valence-electron chi connectivity index (χ3n) is 6.86. The Morgan fingerprint density at radius 1 is 1.17 bits per heavy atom. The van der Waals surface area contributed by atoms with Crippen molar-refractivity contribution in [3.63, 3.8) is 0 Å². The van der Waals surface area contributed by atoms with Crippen LogP contribution in [0.3, 0.4) is 0 Å². The summed E-state index contributed by atoms with van der Waals surface area (Å²) in [5.41, 5.74) is 3.25. The molecule has 0 spiro atoms. The molecule has 1 aliphatic carbocycles. The number of fused-ring (bicyclic) bond motifs is 2. The number of nitrogens with zero attached hydrogens (tertiary/aromatic N) is 1. The number of aliphatic hydroxyl groups is 1. The molecule has 2 unspecified atom stereocenters. The molecule has 2 aliphatic rings. The monoisotopic (exact) mass is 392 g/mol. The number of likely N-dealkylation sites (tertiary alicyclic amines) is 1. The number of benzene rings is 2. The summed E-state index contributed by atoms with van der Waals surface area (Å²) in [7, 11) is 0. The van der Waals surface area contributed by atoms with Crippen molar-refractivity contribution in [3.05, 3.63) is 70.2 Å². The van der Waals surface area contributed by atoms with Crippen LogP contribution < -0.4 is 5.76 Å². The minimum atomic E-state index is -0.550. The Morgan fingerprint density at radius 2 is 1.90 bits per heavy atom. The van der Waals surface area contributed by atoms with Crippen LogP contribution in [0.15, 0.2) is 57.7 Å². The molecule has 152 valence electrons. The molecule has 1 saturated carbocycles. The number of aromatic amines is 1. The Bertz CT molecular complexity index is 1040. The van der Waals surface area contributed by atoms with E-state index in [-0.39, 0.29) is 0 Å². The topological polar surface area (TPSA) is 69.5 Å². The summed E-state index contributed by atoms with van der Waals surface area (Å²) in [5, 5.41) is 11.1. The lowest BCUT2D eigenvalue weighted by atomic mass is 9.91. The van der Waals surface area contributed by atoms with Gasteiger partial charge in [-0.1, -0.05) is 43.3 Å². The second kappa shape index (κ2) is 7.15. The minimum Gasteiger partial charge on any atom is -0.408 e. The van der Waals surface area contributed by atoms with Crippen molar-refractivity contribution in [1.82, 2.24) is 9.88 Å². The van der Waals surface area contributed by atoms with Gasteiger partial charge in [0, 0.05) is 26.1 Å².